The van der Waals surface area contributed by atoms with Crippen molar-refractivity contribution >= 4 is 21.4 Å². The van der Waals surface area contributed by atoms with Gasteiger partial charge in [0.15, 0.2) is 15.6 Å². The Morgan fingerprint density at radius 3 is 2.66 bits per heavy atom. The molecule has 0 saturated heterocycles. The van der Waals surface area contributed by atoms with Gasteiger partial charge in [0.25, 0.3) is 0 Å². The van der Waals surface area contributed by atoms with Gasteiger partial charge in [-0.05, 0) is 43.3 Å². The summed E-state index contributed by atoms with van der Waals surface area (Å²) in [4.78, 5) is 12.0. The number of halogens is 1. The van der Waals surface area contributed by atoms with Crippen molar-refractivity contribution in [2.75, 3.05) is 18.2 Å². The third-order valence-electron chi connectivity index (χ3n) is 4.12. The molecule has 0 atom stereocenters. The molecule has 29 heavy (non-hydrogen) atoms. The highest BCUT2D eigenvalue weighted by molar-refractivity contribution is 7.91. The molecule has 1 N–H and O–H groups in total. The largest absolute Gasteiger partial charge is 0.495 e. The monoisotopic (exact) mass is 418 g/mol. The normalized spacial score (nSPS) is 11.3. The molecule has 0 aliphatic carbocycles. The Bertz CT molecular complexity index is 1140. The molecule has 0 unspecified atom stereocenters. The number of anilines is 1. The molecule has 1 heterocycles. The van der Waals surface area contributed by atoms with Crippen molar-refractivity contribution in [3.05, 3.63) is 60.0 Å². The number of hydrogen-bond donors (Lipinski definition) is 1. The molecule has 0 saturated carbocycles. The average Bonchev–Trinajstić information content (AvgIpc) is 3.12. The molecule has 3 rings (SSSR count). The van der Waals surface area contributed by atoms with E-state index in [1.807, 2.05) is 0 Å². The van der Waals surface area contributed by atoms with E-state index in [0.717, 1.165) is 6.07 Å². The topological polar surface area (TPSA) is 98.5 Å². The fraction of sp³-hybridized carbons (Fsp3) is 0.200. The summed E-state index contributed by atoms with van der Waals surface area (Å²) in [6.07, 6.45) is -0.298. The van der Waals surface area contributed by atoms with Gasteiger partial charge in [0.05, 0.1) is 18.6 Å². The fourth-order valence-electron chi connectivity index (χ4n) is 2.70. The summed E-state index contributed by atoms with van der Waals surface area (Å²) in [5.74, 6) is -0.899. The summed E-state index contributed by atoms with van der Waals surface area (Å²) in [5, 5.41) is 6.28. The quantitative estimate of drug-likeness (QED) is 0.630. The molecule has 1 aromatic heterocycles. The first-order chi connectivity index (χ1) is 13.8. The number of aromatic nitrogens is 1. The lowest BCUT2D eigenvalue weighted by Crippen LogP contribution is -2.18. The Morgan fingerprint density at radius 2 is 2.00 bits per heavy atom. The third kappa shape index (κ3) is 5.00. The minimum absolute atomic E-state index is 0.0508. The molecule has 0 aliphatic heterocycles. The summed E-state index contributed by atoms with van der Waals surface area (Å²) in [5.41, 5.74) is 1.44. The Hall–Kier alpha value is -3.20. The molecule has 2 aromatic carbocycles. The number of benzene rings is 2. The van der Waals surface area contributed by atoms with E-state index in [4.69, 9.17) is 9.26 Å². The first-order valence-corrected chi connectivity index (χ1v) is 10.3. The maximum atomic E-state index is 13.2. The zero-order valence-electron chi connectivity index (χ0n) is 15.8. The Balaban J connectivity index is 1.78. The van der Waals surface area contributed by atoms with Gasteiger partial charge in [-0.25, -0.2) is 12.8 Å². The van der Waals surface area contributed by atoms with E-state index in [1.54, 1.807) is 19.1 Å². The van der Waals surface area contributed by atoms with Crippen LogP contribution in [0.15, 0.2) is 57.9 Å². The summed E-state index contributed by atoms with van der Waals surface area (Å²) in [6, 6.07) is 11.7. The predicted octanol–water partition coefficient (Wildman–Crippen LogP) is 3.60. The highest BCUT2D eigenvalue weighted by Crippen LogP contribution is 2.31. The van der Waals surface area contributed by atoms with Crippen LogP contribution < -0.4 is 10.1 Å². The number of hydrogen-bond acceptors (Lipinski definition) is 6. The molecule has 0 radical (unpaired) electrons. The molecule has 0 spiro atoms. The number of sulfone groups is 1. The number of ether oxygens (including phenoxy) is 1. The lowest BCUT2D eigenvalue weighted by atomic mass is 10.1. The lowest BCUT2D eigenvalue weighted by molar-refractivity contribution is -0.115. The Labute approximate surface area is 167 Å². The molecular weight excluding hydrogens is 399 g/mol. The maximum Gasteiger partial charge on any atom is 0.225 e. The van der Waals surface area contributed by atoms with Gasteiger partial charge in [-0.15, -0.1) is 0 Å². The van der Waals surface area contributed by atoms with Crippen molar-refractivity contribution in [3.63, 3.8) is 0 Å². The average molecular weight is 418 g/mol. The van der Waals surface area contributed by atoms with E-state index >= 15 is 0 Å². The number of nitrogens with one attached hydrogen (secondary N) is 1. The van der Waals surface area contributed by atoms with Gasteiger partial charge in [-0.3, -0.25) is 4.79 Å². The predicted molar refractivity (Wildman–Crippen MR) is 105 cm³/mol. The van der Waals surface area contributed by atoms with E-state index < -0.39 is 27.3 Å². The van der Waals surface area contributed by atoms with Crippen molar-refractivity contribution in [2.24, 2.45) is 0 Å². The zero-order valence-corrected chi connectivity index (χ0v) is 16.6. The molecule has 1 amide bonds. The van der Waals surface area contributed by atoms with Crippen molar-refractivity contribution in [1.29, 1.82) is 0 Å². The van der Waals surface area contributed by atoms with Gasteiger partial charge in [-0.1, -0.05) is 11.2 Å². The molecule has 7 nitrogen and oxygen atoms in total. The van der Waals surface area contributed by atoms with Crippen LogP contribution in [0.25, 0.3) is 11.3 Å². The standard InChI is InChI=1S/C20H19FN2O5S/c1-13-10-18(28-23-13)14-6-7-17(27-2)19(11-14)29(25,26)9-8-20(24)22-16-5-3-4-15(21)12-16/h3-7,10-12H,8-9H2,1-2H3,(H,22,24). The molecule has 0 aliphatic rings. The summed E-state index contributed by atoms with van der Waals surface area (Å²) in [6.45, 7) is 1.76. The van der Waals surface area contributed by atoms with Gasteiger partial charge in [0, 0.05) is 23.7 Å². The first-order valence-electron chi connectivity index (χ1n) is 8.68. The van der Waals surface area contributed by atoms with Crippen LogP contribution in [-0.2, 0) is 14.6 Å². The highest BCUT2D eigenvalue weighted by Gasteiger charge is 2.22. The number of amides is 1. The number of aryl methyl sites for hydroxylation is 1. The van der Waals surface area contributed by atoms with Gasteiger partial charge in [0.1, 0.15) is 16.5 Å². The number of carbonyl (C=O) groups is 1. The smallest absolute Gasteiger partial charge is 0.225 e. The molecular formula is C20H19FN2O5S. The zero-order chi connectivity index (χ0) is 21.0. The van der Waals surface area contributed by atoms with Crippen molar-refractivity contribution in [1.82, 2.24) is 5.16 Å². The molecule has 0 bridgehead atoms. The molecule has 9 heteroatoms. The van der Waals surface area contributed by atoms with Crippen LogP contribution in [0.4, 0.5) is 10.1 Å². The number of nitrogens with zero attached hydrogens (tertiary/aromatic N) is 1. The van der Waals surface area contributed by atoms with Gasteiger partial charge >= 0.3 is 0 Å². The first kappa shape index (κ1) is 20.5. The molecule has 0 fully saturated rings. The van der Waals surface area contributed by atoms with E-state index in [-0.39, 0.29) is 22.8 Å². The van der Waals surface area contributed by atoms with Crippen LogP contribution in [0.5, 0.6) is 5.75 Å². The SMILES string of the molecule is COc1ccc(-c2cc(C)no2)cc1S(=O)(=O)CCC(=O)Nc1cccc(F)c1. The van der Waals surface area contributed by atoms with Crippen LogP contribution >= 0.6 is 0 Å². The summed E-state index contributed by atoms with van der Waals surface area (Å²) >= 11 is 0. The fourth-order valence-corrected chi connectivity index (χ4v) is 4.14. The number of rotatable bonds is 7. The van der Waals surface area contributed by atoms with Crippen LogP contribution in [0.2, 0.25) is 0 Å². The minimum atomic E-state index is -3.84. The van der Waals surface area contributed by atoms with Crippen LogP contribution in [0, 0.1) is 12.7 Å². The van der Waals surface area contributed by atoms with Gasteiger partial charge in [-0.2, -0.15) is 0 Å². The van der Waals surface area contributed by atoms with E-state index in [9.17, 15) is 17.6 Å². The number of carbonyl (C=O) groups excluding carboxylic acids is 1. The highest BCUT2D eigenvalue weighted by atomic mass is 32.2. The Kier molecular flexibility index (Phi) is 5.97. The summed E-state index contributed by atoms with van der Waals surface area (Å²) in [7, 11) is -2.48. The molecule has 3 aromatic rings. The van der Waals surface area contributed by atoms with E-state index in [1.165, 1.54) is 37.4 Å². The van der Waals surface area contributed by atoms with E-state index in [2.05, 4.69) is 10.5 Å². The van der Waals surface area contributed by atoms with Crippen LogP contribution in [0.3, 0.4) is 0 Å². The second kappa shape index (κ2) is 8.44. The maximum absolute atomic E-state index is 13.2. The minimum Gasteiger partial charge on any atom is -0.495 e. The molecule has 152 valence electrons. The van der Waals surface area contributed by atoms with Gasteiger partial charge in [0.2, 0.25) is 5.91 Å². The Morgan fingerprint density at radius 1 is 1.21 bits per heavy atom. The second-order valence-corrected chi connectivity index (χ2v) is 8.40. The second-order valence-electron chi connectivity index (χ2n) is 6.33. The summed E-state index contributed by atoms with van der Waals surface area (Å²) < 4.78 is 49.3. The van der Waals surface area contributed by atoms with Crippen LogP contribution in [0.1, 0.15) is 12.1 Å². The van der Waals surface area contributed by atoms with Crippen molar-refractivity contribution < 1.29 is 26.9 Å². The van der Waals surface area contributed by atoms with Crippen molar-refractivity contribution in [3.8, 4) is 17.1 Å². The third-order valence-corrected chi connectivity index (χ3v) is 5.85. The lowest BCUT2D eigenvalue weighted by Gasteiger charge is -2.11. The van der Waals surface area contributed by atoms with Gasteiger partial charge < -0.3 is 14.6 Å². The van der Waals surface area contributed by atoms with E-state index in [0.29, 0.717) is 17.0 Å². The number of methoxy groups -OCH3 is 1. The van der Waals surface area contributed by atoms with Crippen molar-refractivity contribution in [2.45, 2.75) is 18.2 Å². The van der Waals surface area contributed by atoms with Crippen LogP contribution in [-0.4, -0.2) is 32.3 Å².